The van der Waals surface area contributed by atoms with Gasteiger partial charge in [-0.3, -0.25) is 9.52 Å². The summed E-state index contributed by atoms with van der Waals surface area (Å²) >= 11 is 0. The van der Waals surface area contributed by atoms with Crippen molar-refractivity contribution in [2.45, 2.75) is 11.8 Å². The van der Waals surface area contributed by atoms with Crippen molar-refractivity contribution >= 4 is 27.3 Å². The Hall–Kier alpha value is -4.12. The Morgan fingerprint density at radius 2 is 1.53 bits per heavy atom. The number of anilines is 2. The molecular weight excluding hydrogens is 471 g/mol. The summed E-state index contributed by atoms with van der Waals surface area (Å²) in [7, 11) is -4.16. The molecule has 0 aliphatic heterocycles. The van der Waals surface area contributed by atoms with Gasteiger partial charge >= 0.3 is 0 Å². The zero-order valence-electron chi connectivity index (χ0n) is 17.5. The van der Waals surface area contributed by atoms with Crippen molar-refractivity contribution in [3.63, 3.8) is 0 Å². The summed E-state index contributed by atoms with van der Waals surface area (Å²) in [4.78, 5) is 12.4. The largest absolute Gasteiger partial charge is 0.360 e. The van der Waals surface area contributed by atoms with Crippen LogP contribution in [0.4, 0.5) is 24.5 Å². The molecule has 2 N–H and O–H groups in total. The Bertz CT molecular complexity index is 1470. The van der Waals surface area contributed by atoms with E-state index in [4.69, 9.17) is 4.52 Å². The third kappa shape index (κ3) is 4.79. The van der Waals surface area contributed by atoms with Gasteiger partial charge in [-0.1, -0.05) is 5.16 Å². The molecule has 0 aliphatic rings. The quantitative estimate of drug-likeness (QED) is 0.393. The number of carbonyl (C=O) groups excluding carboxylic acids is 1. The number of hydrogen-bond donors (Lipinski definition) is 2. The van der Waals surface area contributed by atoms with Crippen molar-refractivity contribution in [3.8, 4) is 11.3 Å². The highest BCUT2D eigenvalue weighted by Gasteiger charge is 2.22. The summed E-state index contributed by atoms with van der Waals surface area (Å²) in [5, 5.41) is 6.55. The molecular formula is C23H16F3N3O4S. The van der Waals surface area contributed by atoms with Crippen molar-refractivity contribution in [3.05, 3.63) is 95.5 Å². The number of benzene rings is 3. The molecule has 0 fully saturated rings. The molecule has 11 heteroatoms. The number of nitrogens with one attached hydrogen (secondary N) is 2. The lowest BCUT2D eigenvalue weighted by molar-refractivity contribution is 0.102. The molecule has 1 heterocycles. The number of sulfonamides is 1. The summed E-state index contributed by atoms with van der Waals surface area (Å²) in [5.41, 5.74) is 1.37. The van der Waals surface area contributed by atoms with E-state index in [0.717, 1.165) is 12.1 Å². The second kappa shape index (κ2) is 9.02. The molecule has 0 spiro atoms. The number of carbonyl (C=O) groups is 1. The maximum atomic E-state index is 13.4. The zero-order chi connectivity index (χ0) is 24.5. The lowest BCUT2D eigenvalue weighted by Gasteiger charge is -2.10. The van der Waals surface area contributed by atoms with E-state index >= 15 is 0 Å². The van der Waals surface area contributed by atoms with Crippen molar-refractivity contribution in [2.75, 3.05) is 10.0 Å². The molecule has 174 valence electrons. The maximum Gasteiger partial charge on any atom is 0.261 e. The Morgan fingerprint density at radius 1 is 0.882 bits per heavy atom. The van der Waals surface area contributed by atoms with E-state index < -0.39 is 38.3 Å². The average molecular weight is 487 g/mol. The molecule has 34 heavy (non-hydrogen) atoms. The lowest BCUT2D eigenvalue weighted by atomic mass is 10.1. The molecule has 0 aliphatic carbocycles. The average Bonchev–Trinajstić information content (AvgIpc) is 3.18. The van der Waals surface area contributed by atoms with Crippen LogP contribution in [0.25, 0.3) is 11.3 Å². The minimum Gasteiger partial charge on any atom is -0.360 e. The summed E-state index contributed by atoms with van der Waals surface area (Å²) in [6.07, 6.45) is 0. The molecule has 0 saturated heterocycles. The number of aromatic nitrogens is 1. The summed E-state index contributed by atoms with van der Waals surface area (Å²) in [6, 6.07) is 13.3. The summed E-state index contributed by atoms with van der Waals surface area (Å²) in [6.45, 7) is 1.56. The van der Waals surface area contributed by atoms with Crippen LogP contribution in [-0.2, 0) is 10.0 Å². The van der Waals surface area contributed by atoms with Crippen molar-refractivity contribution in [2.24, 2.45) is 0 Å². The number of hydrogen-bond acceptors (Lipinski definition) is 5. The SMILES string of the molecule is Cc1onc(-c2ccc(F)cc2)c1C(=O)Nc1ccc(NS(=O)(=O)c2ccc(F)c(F)c2)cc1. The van der Waals surface area contributed by atoms with Gasteiger partial charge in [-0.25, -0.2) is 21.6 Å². The van der Waals surface area contributed by atoms with Crippen LogP contribution in [0.15, 0.2) is 76.1 Å². The first-order valence-electron chi connectivity index (χ1n) is 9.75. The highest BCUT2D eigenvalue weighted by molar-refractivity contribution is 7.92. The number of rotatable bonds is 6. The van der Waals surface area contributed by atoms with Crippen LogP contribution >= 0.6 is 0 Å². The van der Waals surface area contributed by atoms with Crippen LogP contribution in [0.3, 0.4) is 0 Å². The first-order valence-corrected chi connectivity index (χ1v) is 11.2. The topological polar surface area (TPSA) is 101 Å². The van der Waals surface area contributed by atoms with Crippen LogP contribution in [0.5, 0.6) is 0 Å². The molecule has 0 radical (unpaired) electrons. The van der Waals surface area contributed by atoms with Crippen molar-refractivity contribution in [1.82, 2.24) is 5.16 Å². The van der Waals surface area contributed by atoms with E-state index in [-0.39, 0.29) is 22.7 Å². The predicted octanol–water partition coefficient (Wildman–Crippen LogP) is 5.12. The van der Waals surface area contributed by atoms with Crippen LogP contribution in [0.1, 0.15) is 16.1 Å². The number of amides is 1. The predicted molar refractivity (Wildman–Crippen MR) is 118 cm³/mol. The monoisotopic (exact) mass is 487 g/mol. The molecule has 3 aromatic carbocycles. The van der Waals surface area contributed by atoms with Crippen LogP contribution in [0.2, 0.25) is 0 Å². The van der Waals surface area contributed by atoms with Gasteiger partial charge in [-0.05, 0) is 73.7 Å². The van der Waals surface area contributed by atoms with Gasteiger partial charge in [-0.15, -0.1) is 0 Å². The fraction of sp³-hybridized carbons (Fsp3) is 0.0435. The molecule has 7 nitrogen and oxygen atoms in total. The maximum absolute atomic E-state index is 13.4. The van der Waals surface area contributed by atoms with Gasteiger partial charge in [0.1, 0.15) is 22.8 Å². The Kier molecular flexibility index (Phi) is 6.12. The standard InChI is InChI=1S/C23H16F3N3O4S/c1-13-21(22(28-33-13)14-2-4-15(24)5-3-14)23(30)27-16-6-8-17(9-7-16)29-34(31,32)18-10-11-19(25)20(26)12-18/h2-12,29H,1H3,(H,27,30). The second-order valence-corrected chi connectivity index (χ2v) is 8.86. The van der Waals surface area contributed by atoms with Gasteiger partial charge < -0.3 is 9.84 Å². The van der Waals surface area contributed by atoms with Gasteiger partial charge in [-0.2, -0.15) is 0 Å². The van der Waals surface area contributed by atoms with E-state index in [1.165, 1.54) is 48.5 Å². The first kappa shape index (κ1) is 23.1. The smallest absolute Gasteiger partial charge is 0.261 e. The van der Waals surface area contributed by atoms with E-state index in [2.05, 4.69) is 15.2 Å². The molecule has 4 rings (SSSR count). The minimum absolute atomic E-state index is 0.135. The highest BCUT2D eigenvalue weighted by Crippen LogP contribution is 2.27. The Morgan fingerprint density at radius 3 is 2.18 bits per heavy atom. The number of nitrogens with zero attached hydrogens (tertiary/aromatic N) is 1. The first-order chi connectivity index (χ1) is 16.1. The van der Waals surface area contributed by atoms with Gasteiger partial charge in [0.25, 0.3) is 15.9 Å². The van der Waals surface area contributed by atoms with E-state index in [9.17, 15) is 26.4 Å². The molecule has 0 bridgehead atoms. The fourth-order valence-electron chi connectivity index (χ4n) is 3.12. The Labute approximate surface area is 192 Å². The van der Waals surface area contributed by atoms with Crippen molar-refractivity contribution < 1.29 is 30.9 Å². The summed E-state index contributed by atoms with van der Waals surface area (Å²) in [5.74, 6) is -3.16. The lowest BCUT2D eigenvalue weighted by Crippen LogP contribution is -2.15. The number of aryl methyl sites for hydroxylation is 1. The molecule has 4 aromatic rings. The zero-order valence-corrected chi connectivity index (χ0v) is 18.3. The Balaban J connectivity index is 1.50. The highest BCUT2D eigenvalue weighted by atomic mass is 32.2. The van der Waals surface area contributed by atoms with E-state index in [1.54, 1.807) is 6.92 Å². The third-order valence-corrected chi connectivity index (χ3v) is 6.18. The van der Waals surface area contributed by atoms with E-state index in [1.807, 2.05) is 0 Å². The second-order valence-electron chi connectivity index (χ2n) is 7.18. The molecule has 0 saturated carbocycles. The van der Waals surface area contributed by atoms with Crippen LogP contribution < -0.4 is 10.0 Å². The van der Waals surface area contributed by atoms with Gasteiger partial charge in [0.05, 0.1) is 4.90 Å². The normalized spacial score (nSPS) is 11.3. The van der Waals surface area contributed by atoms with Gasteiger partial charge in [0, 0.05) is 16.9 Å². The van der Waals surface area contributed by atoms with Crippen LogP contribution in [0, 0.1) is 24.4 Å². The van der Waals surface area contributed by atoms with Crippen LogP contribution in [-0.4, -0.2) is 19.5 Å². The molecule has 1 aromatic heterocycles. The van der Waals surface area contributed by atoms with E-state index in [0.29, 0.717) is 17.3 Å². The number of halogens is 3. The molecule has 0 unspecified atom stereocenters. The van der Waals surface area contributed by atoms with Gasteiger partial charge in [0.2, 0.25) is 0 Å². The van der Waals surface area contributed by atoms with Crippen molar-refractivity contribution in [1.29, 1.82) is 0 Å². The molecule has 1 amide bonds. The summed E-state index contributed by atoms with van der Waals surface area (Å²) < 4.78 is 71.9. The molecule has 0 atom stereocenters. The minimum atomic E-state index is -4.16. The fourth-order valence-corrected chi connectivity index (χ4v) is 4.19. The third-order valence-electron chi connectivity index (χ3n) is 4.80. The van der Waals surface area contributed by atoms with Gasteiger partial charge in [0.15, 0.2) is 11.6 Å².